The molecule has 1 aromatic heterocycles. The lowest BCUT2D eigenvalue weighted by molar-refractivity contribution is 0.879. The number of aryl methyl sites for hydroxylation is 1. The summed E-state index contributed by atoms with van der Waals surface area (Å²) in [6.45, 7) is 4.97. The van der Waals surface area contributed by atoms with Crippen LogP contribution in [-0.4, -0.2) is 21.3 Å². The van der Waals surface area contributed by atoms with E-state index in [9.17, 15) is 0 Å². The van der Waals surface area contributed by atoms with Crippen LogP contribution >= 0.6 is 0 Å². The molecule has 90 valence electrons. The van der Waals surface area contributed by atoms with Gasteiger partial charge in [0.05, 0.1) is 5.69 Å². The molecule has 3 N–H and O–H groups in total. The fourth-order valence-electron chi connectivity index (χ4n) is 1.59. The molecule has 0 saturated heterocycles. The van der Waals surface area contributed by atoms with Gasteiger partial charge < -0.3 is 11.1 Å². The Bertz CT molecular complexity index is 503. The van der Waals surface area contributed by atoms with Crippen LogP contribution in [0.1, 0.15) is 18.9 Å². The number of benzene rings is 1. The van der Waals surface area contributed by atoms with E-state index in [1.54, 1.807) is 4.68 Å². The van der Waals surface area contributed by atoms with E-state index < -0.39 is 0 Å². The monoisotopic (exact) mass is 231 g/mol. The van der Waals surface area contributed by atoms with Crippen molar-refractivity contribution >= 4 is 11.9 Å². The first-order chi connectivity index (χ1) is 8.20. The number of nitrogens with one attached hydrogen (secondary N) is 1. The Morgan fingerprint density at radius 2 is 2.24 bits per heavy atom. The molecule has 0 radical (unpaired) electrons. The molecule has 0 fully saturated rings. The van der Waals surface area contributed by atoms with E-state index in [1.807, 2.05) is 31.2 Å². The Labute approximate surface area is 101 Å². The average molecular weight is 231 g/mol. The highest BCUT2D eigenvalue weighted by Gasteiger charge is 2.07. The molecule has 0 unspecified atom stereocenters. The number of nitrogen functional groups attached to an aromatic ring is 1. The van der Waals surface area contributed by atoms with Gasteiger partial charge in [-0.25, -0.2) is 0 Å². The van der Waals surface area contributed by atoms with Crippen LogP contribution in [0.3, 0.4) is 0 Å². The number of nitrogens with zero attached hydrogens (tertiary/aromatic N) is 3. The van der Waals surface area contributed by atoms with Crippen molar-refractivity contribution in [3.05, 3.63) is 29.8 Å². The Kier molecular flexibility index (Phi) is 3.27. The zero-order chi connectivity index (χ0) is 12.3. The third kappa shape index (κ3) is 2.55. The quantitative estimate of drug-likeness (QED) is 0.844. The molecule has 5 heteroatoms. The van der Waals surface area contributed by atoms with Crippen molar-refractivity contribution < 1.29 is 0 Å². The molecule has 0 aliphatic carbocycles. The second-order valence-corrected chi connectivity index (χ2v) is 3.97. The van der Waals surface area contributed by atoms with E-state index in [-0.39, 0.29) is 0 Å². The molecular formula is C12H17N5. The maximum atomic E-state index is 5.84. The summed E-state index contributed by atoms with van der Waals surface area (Å²) in [7, 11) is 0. The molecule has 2 rings (SSSR count). The highest BCUT2D eigenvalue weighted by molar-refractivity contribution is 5.43. The summed E-state index contributed by atoms with van der Waals surface area (Å²) in [5.74, 6) is 0.972. The van der Waals surface area contributed by atoms with Gasteiger partial charge in [0.15, 0.2) is 0 Å². The first-order valence-electron chi connectivity index (χ1n) is 5.74. The van der Waals surface area contributed by atoms with Gasteiger partial charge >= 0.3 is 0 Å². The standard InChI is InChI=1S/C12H17N5/c1-3-7-14-12-15-11(13)17(16-12)10-6-4-5-9(2)8-10/h4-6,8H,3,7H2,1-2H3,(H3,13,14,15,16). The lowest BCUT2D eigenvalue weighted by Crippen LogP contribution is -2.03. The highest BCUT2D eigenvalue weighted by atomic mass is 15.4. The van der Waals surface area contributed by atoms with E-state index >= 15 is 0 Å². The summed E-state index contributed by atoms with van der Waals surface area (Å²) in [6, 6.07) is 7.99. The van der Waals surface area contributed by atoms with Gasteiger partial charge in [-0.2, -0.15) is 9.67 Å². The van der Waals surface area contributed by atoms with Crippen molar-refractivity contribution in [1.82, 2.24) is 14.8 Å². The number of nitrogens with two attached hydrogens (primary N) is 1. The summed E-state index contributed by atoms with van der Waals surface area (Å²) in [5.41, 5.74) is 7.94. The van der Waals surface area contributed by atoms with Crippen LogP contribution < -0.4 is 11.1 Å². The van der Waals surface area contributed by atoms with Crippen LogP contribution in [0.5, 0.6) is 0 Å². The first kappa shape index (κ1) is 11.4. The van der Waals surface area contributed by atoms with Crippen LogP contribution in [0.15, 0.2) is 24.3 Å². The SMILES string of the molecule is CCCNc1nc(N)n(-c2cccc(C)c2)n1. The Balaban J connectivity index is 2.29. The van der Waals surface area contributed by atoms with Gasteiger partial charge in [-0.05, 0) is 31.0 Å². The molecule has 0 amide bonds. The van der Waals surface area contributed by atoms with Crippen molar-refractivity contribution in [2.75, 3.05) is 17.6 Å². The van der Waals surface area contributed by atoms with Crippen LogP contribution in [0.25, 0.3) is 5.69 Å². The summed E-state index contributed by atoms with van der Waals surface area (Å²) in [5, 5.41) is 7.44. The Morgan fingerprint density at radius 1 is 1.41 bits per heavy atom. The molecule has 17 heavy (non-hydrogen) atoms. The highest BCUT2D eigenvalue weighted by Crippen LogP contribution is 2.14. The molecular weight excluding hydrogens is 214 g/mol. The summed E-state index contributed by atoms with van der Waals surface area (Å²) < 4.78 is 1.64. The van der Waals surface area contributed by atoms with Gasteiger partial charge in [0, 0.05) is 6.54 Å². The van der Waals surface area contributed by atoms with Gasteiger partial charge in [-0.1, -0.05) is 19.1 Å². The molecule has 1 aromatic carbocycles. The van der Waals surface area contributed by atoms with E-state index in [2.05, 4.69) is 22.3 Å². The van der Waals surface area contributed by atoms with E-state index in [0.717, 1.165) is 18.7 Å². The molecule has 0 atom stereocenters. The molecule has 1 heterocycles. The second-order valence-electron chi connectivity index (χ2n) is 3.97. The lowest BCUT2D eigenvalue weighted by Gasteiger charge is -2.02. The summed E-state index contributed by atoms with van der Waals surface area (Å²) in [4.78, 5) is 4.17. The van der Waals surface area contributed by atoms with Crippen LogP contribution in [0, 0.1) is 6.92 Å². The van der Waals surface area contributed by atoms with Crippen molar-refractivity contribution in [2.24, 2.45) is 0 Å². The van der Waals surface area contributed by atoms with Crippen molar-refractivity contribution in [2.45, 2.75) is 20.3 Å². The number of anilines is 2. The van der Waals surface area contributed by atoms with Gasteiger partial charge in [0.2, 0.25) is 11.9 Å². The molecule has 0 saturated carbocycles. The van der Waals surface area contributed by atoms with Crippen LogP contribution in [-0.2, 0) is 0 Å². The predicted octanol–water partition coefficient (Wildman–Crippen LogP) is 1.98. The fraction of sp³-hybridized carbons (Fsp3) is 0.333. The molecule has 5 nitrogen and oxygen atoms in total. The van der Waals surface area contributed by atoms with E-state index in [0.29, 0.717) is 11.9 Å². The minimum atomic E-state index is 0.397. The van der Waals surface area contributed by atoms with Gasteiger partial charge in [0.1, 0.15) is 0 Å². The number of aromatic nitrogens is 3. The maximum Gasteiger partial charge on any atom is 0.244 e. The Hall–Kier alpha value is -2.04. The van der Waals surface area contributed by atoms with Crippen molar-refractivity contribution in [1.29, 1.82) is 0 Å². The van der Waals surface area contributed by atoms with Gasteiger partial charge in [0.25, 0.3) is 0 Å². The number of hydrogen-bond acceptors (Lipinski definition) is 4. The fourth-order valence-corrected chi connectivity index (χ4v) is 1.59. The zero-order valence-corrected chi connectivity index (χ0v) is 10.1. The smallest absolute Gasteiger partial charge is 0.244 e. The van der Waals surface area contributed by atoms with Gasteiger partial charge in [-0.15, -0.1) is 5.10 Å². The average Bonchev–Trinajstić information content (AvgIpc) is 2.68. The van der Waals surface area contributed by atoms with E-state index in [1.165, 1.54) is 5.56 Å². The molecule has 0 aliphatic rings. The normalized spacial score (nSPS) is 10.5. The first-order valence-corrected chi connectivity index (χ1v) is 5.74. The third-order valence-electron chi connectivity index (χ3n) is 2.41. The van der Waals surface area contributed by atoms with Crippen LogP contribution in [0.2, 0.25) is 0 Å². The van der Waals surface area contributed by atoms with Crippen LogP contribution in [0.4, 0.5) is 11.9 Å². The maximum absolute atomic E-state index is 5.84. The second kappa shape index (κ2) is 4.86. The molecule has 0 spiro atoms. The molecule has 0 bridgehead atoms. The largest absolute Gasteiger partial charge is 0.368 e. The van der Waals surface area contributed by atoms with Gasteiger partial charge in [-0.3, -0.25) is 0 Å². The number of hydrogen-bond donors (Lipinski definition) is 2. The Morgan fingerprint density at radius 3 is 2.94 bits per heavy atom. The zero-order valence-electron chi connectivity index (χ0n) is 10.1. The lowest BCUT2D eigenvalue weighted by atomic mass is 10.2. The topological polar surface area (TPSA) is 68.8 Å². The number of rotatable bonds is 4. The van der Waals surface area contributed by atoms with Crippen molar-refractivity contribution in [3.63, 3.8) is 0 Å². The minimum absolute atomic E-state index is 0.397. The minimum Gasteiger partial charge on any atom is -0.368 e. The molecule has 2 aromatic rings. The molecule has 0 aliphatic heterocycles. The summed E-state index contributed by atoms with van der Waals surface area (Å²) in [6.07, 6.45) is 1.03. The van der Waals surface area contributed by atoms with E-state index in [4.69, 9.17) is 5.73 Å². The third-order valence-corrected chi connectivity index (χ3v) is 2.41. The summed E-state index contributed by atoms with van der Waals surface area (Å²) >= 11 is 0. The predicted molar refractivity (Wildman–Crippen MR) is 69.3 cm³/mol. The van der Waals surface area contributed by atoms with Crippen molar-refractivity contribution in [3.8, 4) is 5.69 Å².